The lowest BCUT2D eigenvalue weighted by atomic mass is 10.0. The van der Waals surface area contributed by atoms with Crippen molar-refractivity contribution in [3.63, 3.8) is 0 Å². The van der Waals surface area contributed by atoms with Gasteiger partial charge >= 0.3 is 0 Å². The van der Waals surface area contributed by atoms with Crippen LogP contribution in [-0.4, -0.2) is 43.4 Å². The van der Waals surface area contributed by atoms with Crippen LogP contribution < -0.4 is 5.32 Å². The molecule has 1 saturated heterocycles. The quantitative estimate of drug-likeness (QED) is 0.878. The van der Waals surface area contributed by atoms with E-state index < -0.39 is 21.4 Å². The number of carbonyl (C=O) groups excluding carboxylic acids is 1. The summed E-state index contributed by atoms with van der Waals surface area (Å²) in [7, 11) is -3.98. The van der Waals surface area contributed by atoms with Crippen LogP contribution in [0.2, 0.25) is 0 Å². The van der Waals surface area contributed by atoms with E-state index in [0.29, 0.717) is 17.7 Å². The Bertz CT molecular complexity index is 792. The highest BCUT2D eigenvalue weighted by Crippen LogP contribution is 2.32. The molecule has 1 fully saturated rings. The highest BCUT2D eigenvalue weighted by atomic mass is 32.2. The fraction of sp³-hybridized carbons (Fsp3) is 0.562. The van der Waals surface area contributed by atoms with Crippen molar-refractivity contribution in [3.05, 3.63) is 23.5 Å². The first-order chi connectivity index (χ1) is 11.1. The summed E-state index contributed by atoms with van der Waals surface area (Å²) in [5, 5.41) is 2.57. The number of carbonyl (C=O) groups is 1. The lowest BCUT2D eigenvalue weighted by Gasteiger charge is -2.41. The van der Waals surface area contributed by atoms with Crippen molar-refractivity contribution >= 4 is 21.6 Å². The van der Waals surface area contributed by atoms with E-state index in [1.165, 1.54) is 10.4 Å². The Labute approximate surface area is 141 Å². The Morgan fingerprint density at radius 3 is 2.71 bits per heavy atom. The Morgan fingerprint density at radius 2 is 2.04 bits per heavy atom. The fourth-order valence-corrected chi connectivity index (χ4v) is 5.06. The Hall–Kier alpha value is -1.51. The van der Waals surface area contributed by atoms with Crippen LogP contribution in [0.25, 0.3) is 0 Å². The first kappa shape index (κ1) is 17.3. The number of fused-ring (bicyclic) bond motifs is 1. The predicted molar refractivity (Wildman–Crippen MR) is 86.7 cm³/mol. The zero-order chi connectivity index (χ0) is 17.7. The topological polar surface area (TPSA) is 75.7 Å². The predicted octanol–water partition coefficient (Wildman–Crippen LogP) is 1.90. The van der Waals surface area contributed by atoms with Gasteiger partial charge in [0.25, 0.3) is 0 Å². The molecular weight excluding hydrogens is 335 g/mol. The van der Waals surface area contributed by atoms with Gasteiger partial charge in [0.2, 0.25) is 15.9 Å². The fourth-order valence-electron chi connectivity index (χ4n) is 3.29. The summed E-state index contributed by atoms with van der Waals surface area (Å²) in [5.74, 6) is -1.05. The first-order valence-electron chi connectivity index (χ1n) is 7.89. The molecule has 8 heteroatoms. The van der Waals surface area contributed by atoms with Crippen LogP contribution in [0.3, 0.4) is 0 Å². The van der Waals surface area contributed by atoms with Crippen LogP contribution in [-0.2, 0) is 26.0 Å². The van der Waals surface area contributed by atoms with Gasteiger partial charge in [-0.15, -0.1) is 0 Å². The first-order valence-corrected chi connectivity index (χ1v) is 9.33. The normalized spacial score (nSPS) is 24.3. The van der Waals surface area contributed by atoms with Gasteiger partial charge in [-0.2, -0.15) is 4.31 Å². The molecule has 3 rings (SSSR count). The van der Waals surface area contributed by atoms with E-state index in [1.54, 1.807) is 6.92 Å². The molecule has 0 unspecified atom stereocenters. The lowest BCUT2D eigenvalue weighted by molar-refractivity contribution is -0.116. The van der Waals surface area contributed by atoms with Crippen molar-refractivity contribution in [2.45, 2.75) is 50.2 Å². The number of sulfonamides is 1. The van der Waals surface area contributed by atoms with Crippen molar-refractivity contribution in [3.8, 4) is 0 Å². The zero-order valence-electron chi connectivity index (χ0n) is 13.9. The smallest absolute Gasteiger partial charge is 0.246 e. The van der Waals surface area contributed by atoms with Gasteiger partial charge in [0.15, 0.2) is 0 Å². The maximum Gasteiger partial charge on any atom is 0.246 e. The molecule has 2 aliphatic rings. The molecule has 132 valence electrons. The largest absolute Gasteiger partial charge is 0.370 e. The van der Waals surface area contributed by atoms with Gasteiger partial charge < -0.3 is 10.1 Å². The van der Waals surface area contributed by atoms with E-state index in [1.807, 2.05) is 13.8 Å². The molecule has 1 aromatic rings. The summed E-state index contributed by atoms with van der Waals surface area (Å²) >= 11 is 0. The number of amides is 1. The van der Waals surface area contributed by atoms with E-state index in [9.17, 15) is 17.6 Å². The number of rotatable bonds is 2. The Morgan fingerprint density at radius 1 is 1.33 bits per heavy atom. The van der Waals surface area contributed by atoms with E-state index in [4.69, 9.17) is 4.74 Å². The third-order valence-electron chi connectivity index (χ3n) is 4.21. The van der Waals surface area contributed by atoms with Crippen LogP contribution in [0.5, 0.6) is 0 Å². The highest BCUT2D eigenvalue weighted by Gasteiger charge is 2.39. The maximum absolute atomic E-state index is 14.5. The molecule has 0 aliphatic carbocycles. The van der Waals surface area contributed by atoms with Crippen LogP contribution in [0, 0.1) is 5.82 Å². The molecule has 6 nitrogen and oxygen atoms in total. The average molecular weight is 356 g/mol. The van der Waals surface area contributed by atoms with E-state index in [-0.39, 0.29) is 36.4 Å². The van der Waals surface area contributed by atoms with Gasteiger partial charge in [0.1, 0.15) is 10.7 Å². The third-order valence-corrected chi connectivity index (χ3v) is 6.04. The molecule has 1 atom stereocenters. The molecule has 2 heterocycles. The molecule has 0 aromatic heterocycles. The van der Waals surface area contributed by atoms with Crippen molar-refractivity contribution < 1.29 is 22.3 Å². The van der Waals surface area contributed by atoms with Crippen LogP contribution >= 0.6 is 0 Å². The molecule has 2 aliphatic heterocycles. The van der Waals surface area contributed by atoms with E-state index in [0.717, 1.165) is 6.07 Å². The summed E-state index contributed by atoms with van der Waals surface area (Å²) in [4.78, 5) is 11.1. The van der Waals surface area contributed by atoms with Gasteiger partial charge in [-0.05, 0) is 44.9 Å². The number of aryl methyl sites for hydroxylation is 1. The van der Waals surface area contributed by atoms with Gasteiger partial charge in [0, 0.05) is 25.2 Å². The molecule has 1 amide bonds. The van der Waals surface area contributed by atoms with Crippen molar-refractivity contribution in [2.75, 3.05) is 18.4 Å². The van der Waals surface area contributed by atoms with E-state index in [2.05, 4.69) is 5.32 Å². The monoisotopic (exact) mass is 356 g/mol. The van der Waals surface area contributed by atoms with Crippen LogP contribution in [0.1, 0.15) is 32.8 Å². The minimum Gasteiger partial charge on any atom is -0.370 e. The molecule has 1 N–H and O–H groups in total. The number of nitrogens with zero attached hydrogens (tertiary/aromatic N) is 1. The molecule has 24 heavy (non-hydrogen) atoms. The lowest BCUT2D eigenvalue weighted by Crippen LogP contribution is -2.53. The number of hydrogen-bond donors (Lipinski definition) is 1. The SMILES string of the molecule is C[C@H]1CN(S(=O)(=O)c2cc3c(cc2F)NC(=O)CC3)CC(C)(C)O1. The number of nitrogens with one attached hydrogen (secondary N) is 1. The van der Waals surface area contributed by atoms with E-state index >= 15 is 0 Å². The summed E-state index contributed by atoms with van der Waals surface area (Å²) in [6, 6.07) is 2.43. The second kappa shape index (κ2) is 5.79. The average Bonchev–Trinajstić information content (AvgIpc) is 2.44. The Balaban J connectivity index is 2.00. The van der Waals surface area contributed by atoms with Gasteiger partial charge in [0.05, 0.1) is 11.7 Å². The second-order valence-corrected chi connectivity index (χ2v) is 8.88. The summed E-state index contributed by atoms with van der Waals surface area (Å²) in [5.41, 5.74) is 0.345. The van der Waals surface area contributed by atoms with Crippen LogP contribution in [0.4, 0.5) is 10.1 Å². The molecule has 0 bridgehead atoms. The Kier molecular flexibility index (Phi) is 4.17. The van der Waals surface area contributed by atoms with Crippen molar-refractivity contribution in [1.29, 1.82) is 0 Å². The zero-order valence-corrected chi connectivity index (χ0v) is 14.7. The minimum absolute atomic E-state index is 0.160. The van der Waals surface area contributed by atoms with Crippen molar-refractivity contribution in [2.24, 2.45) is 0 Å². The standard InChI is InChI=1S/C16H21FN2O4S/c1-10-8-19(9-16(2,3)23-10)24(21,22)14-6-11-4-5-15(20)18-13(11)7-12(14)17/h6-7,10H,4-5,8-9H2,1-3H3,(H,18,20)/t10-/m0/s1. The molecule has 0 radical (unpaired) electrons. The summed E-state index contributed by atoms with van der Waals surface area (Å²) in [6.45, 7) is 5.75. The highest BCUT2D eigenvalue weighted by molar-refractivity contribution is 7.89. The summed E-state index contributed by atoms with van der Waals surface area (Å²) in [6.07, 6.45) is 0.387. The number of halogens is 1. The molecule has 0 saturated carbocycles. The minimum atomic E-state index is -3.98. The van der Waals surface area contributed by atoms with Gasteiger partial charge in [-0.3, -0.25) is 4.79 Å². The second-order valence-electron chi connectivity index (χ2n) is 6.97. The molecule has 0 spiro atoms. The number of hydrogen-bond acceptors (Lipinski definition) is 4. The summed E-state index contributed by atoms with van der Waals surface area (Å²) < 4.78 is 47.3. The number of ether oxygens (including phenoxy) is 1. The number of benzene rings is 1. The maximum atomic E-state index is 14.5. The number of anilines is 1. The van der Waals surface area contributed by atoms with Crippen molar-refractivity contribution in [1.82, 2.24) is 4.31 Å². The molecular formula is C16H21FN2O4S. The third kappa shape index (κ3) is 3.18. The molecule has 1 aromatic carbocycles. The number of morpholine rings is 1. The van der Waals surface area contributed by atoms with Gasteiger partial charge in [-0.1, -0.05) is 0 Å². The van der Waals surface area contributed by atoms with Gasteiger partial charge in [-0.25, -0.2) is 12.8 Å². The van der Waals surface area contributed by atoms with Crippen LogP contribution in [0.15, 0.2) is 17.0 Å².